The molecule has 2 unspecified atom stereocenters. The number of halogens is 2. The van der Waals surface area contributed by atoms with E-state index in [1.807, 2.05) is 0 Å². The molecule has 1 aromatic rings. The van der Waals surface area contributed by atoms with Crippen molar-refractivity contribution in [2.75, 3.05) is 0 Å². The summed E-state index contributed by atoms with van der Waals surface area (Å²) in [7, 11) is 0. The lowest BCUT2D eigenvalue weighted by atomic mass is 10.0. The van der Waals surface area contributed by atoms with Gasteiger partial charge in [0.15, 0.2) is 0 Å². The molecule has 0 spiro atoms. The summed E-state index contributed by atoms with van der Waals surface area (Å²) in [5.41, 5.74) is 1.51. The fourth-order valence-electron chi connectivity index (χ4n) is 1.83. The molecule has 1 aromatic carbocycles. The smallest absolute Gasteiger partial charge is 0.244 e. The molecule has 70 valence electrons. The lowest BCUT2D eigenvalue weighted by molar-refractivity contribution is 0.00155. The highest BCUT2D eigenvalue weighted by molar-refractivity contribution is 5.34. The van der Waals surface area contributed by atoms with Gasteiger partial charge in [0.25, 0.3) is 0 Å². The average molecular weight is 184 g/mol. The Labute approximate surface area is 75.0 Å². The Kier molecular flexibility index (Phi) is 2.04. The fraction of sp³-hybridized carbons (Fsp3) is 0.400. The van der Waals surface area contributed by atoms with Gasteiger partial charge in [0.05, 0.1) is 12.0 Å². The predicted octanol–water partition coefficient (Wildman–Crippen LogP) is 2.16. The van der Waals surface area contributed by atoms with E-state index in [9.17, 15) is 13.9 Å². The van der Waals surface area contributed by atoms with Crippen LogP contribution < -0.4 is 0 Å². The molecule has 2 rings (SSSR count). The molecular formula is C10H10F2O. The van der Waals surface area contributed by atoms with Gasteiger partial charge in [0, 0.05) is 0 Å². The molecule has 0 fully saturated rings. The Bertz CT molecular complexity index is 312. The van der Waals surface area contributed by atoms with Crippen LogP contribution in [0.2, 0.25) is 0 Å². The fourth-order valence-corrected chi connectivity index (χ4v) is 1.83. The van der Waals surface area contributed by atoms with E-state index in [0.717, 1.165) is 5.56 Å². The van der Waals surface area contributed by atoms with Crippen LogP contribution in [0.15, 0.2) is 24.3 Å². The van der Waals surface area contributed by atoms with E-state index >= 15 is 0 Å². The first kappa shape index (κ1) is 8.63. The summed E-state index contributed by atoms with van der Waals surface area (Å²) in [6.45, 7) is 0. The number of benzene rings is 1. The molecule has 0 aliphatic heterocycles. The summed E-state index contributed by atoms with van der Waals surface area (Å²) >= 11 is 0. The van der Waals surface area contributed by atoms with E-state index in [1.165, 1.54) is 0 Å². The van der Waals surface area contributed by atoms with E-state index in [-0.39, 0.29) is 6.42 Å². The SMILES string of the molecule is OC1c2ccccc2CC1C(F)F. The van der Waals surface area contributed by atoms with Crippen LogP contribution in [0.3, 0.4) is 0 Å². The summed E-state index contributed by atoms with van der Waals surface area (Å²) in [5, 5.41) is 9.53. The van der Waals surface area contributed by atoms with Crippen molar-refractivity contribution < 1.29 is 13.9 Å². The third kappa shape index (κ3) is 1.33. The second-order valence-electron chi connectivity index (χ2n) is 3.35. The molecule has 1 aliphatic carbocycles. The summed E-state index contributed by atoms with van der Waals surface area (Å²) in [6.07, 6.45) is -3.15. The predicted molar refractivity (Wildman–Crippen MR) is 44.6 cm³/mol. The summed E-state index contributed by atoms with van der Waals surface area (Å²) in [6, 6.07) is 7.07. The van der Waals surface area contributed by atoms with Crippen LogP contribution in [0.25, 0.3) is 0 Å². The minimum atomic E-state index is -2.44. The molecule has 2 atom stereocenters. The molecule has 0 amide bonds. The first-order chi connectivity index (χ1) is 6.20. The van der Waals surface area contributed by atoms with Crippen LogP contribution in [-0.4, -0.2) is 11.5 Å². The molecule has 13 heavy (non-hydrogen) atoms. The van der Waals surface area contributed by atoms with Gasteiger partial charge in [-0.15, -0.1) is 0 Å². The highest BCUT2D eigenvalue weighted by Gasteiger charge is 2.36. The normalized spacial score (nSPS) is 26.5. The zero-order chi connectivity index (χ0) is 9.42. The molecule has 1 N–H and O–H groups in total. The minimum absolute atomic E-state index is 0.287. The molecule has 0 heterocycles. The van der Waals surface area contributed by atoms with Crippen LogP contribution in [0.4, 0.5) is 8.78 Å². The van der Waals surface area contributed by atoms with Gasteiger partial charge in [-0.25, -0.2) is 8.78 Å². The molecule has 1 nitrogen and oxygen atoms in total. The van der Waals surface area contributed by atoms with Gasteiger partial charge >= 0.3 is 0 Å². The van der Waals surface area contributed by atoms with Gasteiger partial charge in [-0.1, -0.05) is 24.3 Å². The van der Waals surface area contributed by atoms with E-state index in [0.29, 0.717) is 5.56 Å². The van der Waals surface area contributed by atoms with Crippen LogP contribution >= 0.6 is 0 Å². The number of aliphatic hydroxyl groups is 1. The van der Waals surface area contributed by atoms with Crippen molar-refractivity contribution in [1.82, 2.24) is 0 Å². The van der Waals surface area contributed by atoms with Crippen molar-refractivity contribution >= 4 is 0 Å². The van der Waals surface area contributed by atoms with Crippen LogP contribution in [-0.2, 0) is 6.42 Å². The largest absolute Gasteiger partial charge is 0.388 e. The summed E-state index contributed by atoms with van der Waals surface area (Å²) in [5.74, 6) is -0.919. The lowest BCUT2D eigenvalue weighted by Gasteiger charge is -2.12. The van der Waals surface area contributed by atoms with E-state index < -0.39 is 18.4 Å². The van der Waals surface area contributed by atoms with E-state index in [2.05, 4.69) is 0 Å². The lowest BCUT2D eigenvalue weighted by Crippen LogP contribution is -2.16. The molecule has 0 radical (unpaired) electrons. The Morgan fingerprint density at radius 1 is 1.31 bits per heavy atom. The molecular weight excluding hydrogens is 174 g/mol. The summed E-state index contributed by atoms with van der Waals surface area (Å²) < 4.78 is 24.8. The Morgan fingerprint density at radius 2 is 2.00 bits per heavy atom. The van der Waals surface area contributed by atoms with E-state index in [1.54, 1.807) is 24.3 Å². The van der Waals surface area contributed by atoms with Crippen molar-refractivity contribution in [3.8, 4) is 0 Å². The van der Waals surface area contributed by atoms with Gasteiger partial charge < -0.3 is 5.11 Å². The van der Waals surface area contributed by atoms with Crippen molar-refractivity contribution in [2.24, 2.45) is 5.92 Å². The van der Waals surface area contributed by atoms with Crippen molar-refractivity contribution in [3.05, 3.63) is 35.4 Å². The van der Waals surface area contributed by atoms with Gasteiger partial charge in [-0.05, 0) is 17.5 Å². The monoisotopic (exact) mass is 184 g/mol. The quantitative estimate of drug-likeness (QED) is 0.709. The van der Waals surface area contributed by atoms with Crippen molar-refractivity contribution in [1.29, 1.82) is 0 Å². The molecule has 0 saturated carbocycles. The number of rotatable bonds is 1. The Hall–Kier alpha value is -0.960. The topological polar surface area (TPSA) is 20.2 Å². The number of alkyl halides is 2. The van der Waals surface area contributed by atoms with Gasteiger partial charge in [0.2, 0.25) is 6.43 Å². The van der Waals surface area contributed by atoms with Crippen molar-refractivity contribution in [2.45, 2.75) is 19.0 Å². The molecule has 0 aromatic heterocycles. The Morgan fingerprint density at radius 3 is 2.62 bits per heavy atom. The summed E-state index contributed by atoms with van der Waals surface area (Å²) in [4.78, 5) is 0. The second-order valence-corrected chi connectivity index (χ2v) is 3.35. The molecule has 0 saturated heterocycles. The number of hydrogen-bond acceptors (Lipinski definition) is 1. The molecule has 3 heteroatoms. The first-order valence-corrected chi connectivity index (χ1v) is 4.24. The maximum Gasteiger partial charge on any atom is 0.244 e. The average Bonchev–Trinajstić information content (AvgIpc) is 2.45. The van der Waals surface area contributed by atoms with E-state index in [4.69, 9.17) is 0 Å². The number of aliphatic hydroxyl groups excluding tert-OH is 1. The maximum atomic E-state index is 12.4. The number of hydrogen-bond donors (Lipinski definition) is 1. The third-order valence-corrected chi connectivity index (χ3v) is 2.56. The van der Waals surface area contributed by atoms with Crippen LogP contribution in [0, 0.1) is 5.92 Å². The van der Waals surface area contributed by atoms with Crippen LogP contribution in [0.5, 0.6) is 0 Å². The van der Waals surface area contributed by atoms with Crippen LogP contribution in [0.1, 0.15) is 17.2 Å². The molecule has 1 aliphatic rings. The number of fused-ring (bicyclic) bond motifs is 1. The maximum absolute atomic E-state index is 12.4. The zero-order valence-corrected chi connectivity index (χ0v) is 6.95. The van der Waals surface area contributed by atoms with Gasteiger partial charge in [0.1, 0.15) is 0 Å². The second kappa shape index (κ2) is 3.07. The highest BCUT2D eigenvalue weighted by atomic mass is 19.3. The highest BCUT2D eigenvalue weighted by Crippen LogP contribution is 2.38. The molecule has 0 bridgehead atoms. The first-order valence-electron chi connectivity index (χ1n) is 4.24. The van der Waals surface area contributed by atoms with Gasteiger partial charge in [-0.2, -0.15) is 0 Å². The Balaban J connectivity index is 2.32. The van der Waals surface area contributed by atoms with Gasteiger partial charge in [-0.3, -0.25) is 0 Å². The third-order valence-electron chi connectivity index (χ3n) is 2.56. The zero-order valence-electron chi connectivity index (χ0n) is 6.95. The van der Waals surface area contributed by atoms with Crippen molar-refractivity contribution in [3.63, 3.8) is 0 Å². The standard InChI is InChI=1S/C10H10F2O/c11-10(12)8-5-6-3-1-2-4-7(6)9(8)13/h1-4,8-10,13H,5H2. The minimum Gasteiger partial charge on any atom is -0.388 e.